The average molecular weight is 741 g/mol. The topological polar surface area (TPSA) is 75.4 Å². The first-order valence-corrected chi connectivity index (χ1v) is 26.7. The van der Waals surface area contributed by atoms with Gasteiger partial charge in [-0.1, -0.05) is 0 Å². The lowest BCUT2D eigenvalue weighted by Crippen LogP contribution is -2.35. The maximum Gasteiger partial charge on any atom is 0.221 e. The van der Waals surface area contributed by atoms with Crippen LogP contribution in [-0.4, -0.2) is 142 Å². The molecule has 0 aromatic rings. The summed E-state index contributed by atoms with van der Waals surface area (Å²) in [5, 5.41) is 0. The van der Waals surface area contributed by atoms with Crippen molar-refractivity contribution >= 4 is 30.0 Å². The quantitative estimate of drug-likeness (QED) is 0.230. The number of rotatable bonds is 8. The molecule has 0 aromatic carbocycles. The highest BCUT2D eigenvalue weighted by Gasteiger charge is 2.54. The molecule has 9 rings (SSSR count). The standard InChI is InChI=1S/C32H64N12P4/c1-2-18-37(17-1)45(38-19-3-4-20-38)33-46(39-21-5-6-22-39,40-23-7-8-24-40)35-48(43-29-13-14-30-43,44-31-15-16-32-44)36-47(34-45,41-25-9-10-26-41)42-27-11-12-28-42/h1-32H2. The van der Waals surface area contributed by atoms with E-state index < -0.39 is 30.0 Å². The summed E-state index contributed by atoms with van der Waals surface area (Å²) in [6, 6.07) is 0. The molecule has 0 saturated carbocycles. The van der Waals surface area contributed by atoms with Gasteiger partial charge in [-0.05, 0) is 103 Å². The van der Waals surface area contributed by atoms with Gasteiger partial charge in [0.1, 0.15) is 0 Å². The molecule has 0 amide bonds. The van der Waals surface area contributed by atoms with Crippen LogP contribution in [0.1, 0.15) is 103 Å². The molecule has 9 aliphatic heterocycles. The van der Waals surface area contributed by atoms with E-state index in [2.05, 4.69) is 37.4 Å². The second-order valence-electron chi connectivity index (χ2n) is 15.8. The first-order chi connectivity index (χ1) is 23.7. The average Bonchev–Trinajstić information content (AvgIpc) is 3.97. The molecule has 0 N–H and O–H groups in total. The highest BCUT2D eigenvalue weighted by Crippen LogP contribution is 2.85. The van der Waals surface area contributed by atoms with Gasteiger partial charge in [-0.2, -0.15) is 18.1 Å². The Morgan fingerprint density at radius 1 is 0.188 bits per heavy atom. The van der Waals surface area contributed by atoms with E-state index in [4.69, 9.17) is 18.1 Å². The summed E-state index contributed by atoms with van der Waals surface area (Å²) >= 11 is 0. The SMILES string of the molecule is C1CCN(P2(N3CCCC3)=NP(N3CCCC3)(N3CCCC3)=NP(N3CCCC3)(N3CCCC3)=NP(N3CCCC3)(N3CCCC3)=N2)C1. The molecule has 0 aliphatic carbocycles. The molecule has 0 atom stereocenters. The van der Waals surface area contributed by atoms with Gasteiger partial charge in [0, 0.05) is 105 Å². The van der Waals surface area contributed by atoms with Crippen molar-refractivity contribution in [2.24, 2.45) is 18.1 Å². The normalized spacial score (nSPS) is 34.3. The molecule has 8 saturated heterocycles. The lowest BCUT2D eigenvalue weighted by Gasteiger charge is -2.50. The van der Waals surface area contributed by atoms with Gasteiger partial charge in [0.25, 0.3) is 0 Å². The third kappa shape index (κ3) is 5.86. The summed E-state index contributed by atoms with van der Waals surface area (Å²) < 4.78 is 50.3. The van der Waals surface area contributed by atoms with Gasteiger partial charge >= 0.3 is 0 Å². The molecule has 48 heavy (non-hydrogen) atoms. The monoisotopic (exact) mass is 740 g/mol. The molecule has 0 aromatic heterocycles. The Balaban J connectivity index is 1.44. The predicted octanol–water partition coefficient (Wildman–Crippen LogP) is 8.55. The molecule has 16 heteroatoms. The van der Waals surface area contributed by atoms with Crippen LogP contribution in [-0.2, 0) is 0 Å². The highest BCUT2D eigenvalue weighted by atomic mass is 31.3. The minimum Gasteiger partial charge on any atom is -0.240 e. The zero-order valence-electron chi connectivity index (χ0n) is 29.8. The van der Waals surface area contributed by atoms with Gasteiger partial charge in [-0.15, -0.1) is 0 Å². The molecule has 12 nitrogen and oxygen atoms in total. The Kier molecular flexibility index (Phi) is 10.3. The third-order valence-corrected chi connectivity index (χ3v) is 29.6. The van der Waals surface area contributed by atoms with Crippen LogP contribution >= 0.6 is 30.0 Å². The van der Waals surface area contributed by atoms with Crippen LogP contribution in [0.25, 0.3) is 0 Å². The van der Waals surface area contributed by atoms with Crippen molar-refractivity contribution in [1.82, 2.24) is 37.4 Å². The van der Waals surface area contributed by atoms with Crippen LogP contribution in [0.2, 0.25) is 0 Å². The van der Waals surface area contributed by atoms with Crippen molar-refractivity contribution in [1.29, 1.82) is 0 Å². The predicted molar refractivity (Wildman–Crippen MR) is 204 cm³/mol. The van der Waals surface area contributed by atoms with Gasteiger partial charge in [-0.25, -0.2) is 37.4 Å². The molecule has 0 bridgehead atoms. The zero-order valence-corrected chi connectivity index (χ0v) is 33.4. The van der Waals surface area contributed by atoms with Gasteiger partial charge in [0.2, 0.25) is 30.0 Å². The van der Waals surface area contributed by atoms with Crippen LogP contribution in [0.4, 0.5) is 0 Å². The Hall–Kier alpha value is 0.600. The van der Waals surface area contributed by atoms with E-state index in [1.165, 1.54) is 103 Å². The van der Waals surface area contributed by atoms with Crippen molar-refractivity contribution in [3.05, 3.63) is 0 Å². The summed E-state index contributed by atoms with van der Waals surface area (Å²) in [4.78, 5) is 0. The lowest BCUT2D eigenvalue weighted by molar-refractivity contribution is 0.437. The third-order valence-electron chi connectivity index (χ3n) is 12.7. The van der Waals surface area contributed by atoms with Crippen LogP contribution in [0.15, 0.2) is 18.1 Å². The Morgan fingerprint density at radius 2 is 0.292 bits per heavy atom. The number of hydrogen-bond acceptors (Lipinski definition) is 12. The van der Waals surface area contributed by atoms with Crippen molar-refractivity contribution < 1.29 is 0 Å². The van der Waals surface area contributed by atoms with Gasteiger partial charge in [0.15, 0.2) is 0 Å². The summed E-state index contributed by atoms with van der Waals surface area (Å²) in [7, 11) is -9.95. The summed E-state index contributed by atoms with van der Waals surface area (Å²) in [5.41, 5.74) is 0. The lowest BCUT2D eigenvalue weighted by atomic mass is 10.4. The largest absolute Gasteiger partial charge is 0.240 e. The first-order valence-electron chi connectivity index (χ1n) is 20.3. The van der Waals surface area contributed by atoms with E-state index in [1.807, 2.05) is 0 Å². The van der Waals surface area contributed by atoms with Crippen molar-refractivity contribution in [3.8, 4) is 0 Å². The summed E-state index contributed by atoms with van der Waals surface area (Å²) in [6.07, 6.45) is 20.5. The number of hydrogen-bond donors (Lipinski definition) is 0. The minimum absolute atomic E-state index is 1.15. The van der Waals surface area contributed by atoms with Crippen LogP contribution in [0.5, 0.6) is 0 Å². The molecule has 0 radical (unpaired) electrons. The molecule has 0 spiro atoms. The molecule has 9 heterocycles. The fourth-order valence-electron chi connectivity index (χ4n) is 10.1. The molecular weight excluding hydrogens is 676 g/mol. The Morgan fingerprint density at radius 3 is 0.396 bits per heavy atom. The first kappa shape index (κ1) is 34.4. The van der Waals surface area contributed by atoms with Crippen LogP contribution < -0.4 is 0 Å². The highest BCUT2D eigenvalue weighted by molar-refractivity contribution is 7.83. The fourth-order valence-corrected chi connectivity index (χ4v) is 32.3. The van der Waals surface area contributed by atoms with E-state index in [-0.39, 0.29) is 0 Å². The van der Waals surface area contributed by atoms with Crippen molar-refractivity contribution in [3.63, 3.8) is 0 Å². The second-order valence-corrected chi connectivity index (χ2v) is 27.5. The van der Waals surface area contributed by atoms with Crippen molar-refractivity contribution in [2.75, 3.05) is 105 Å². The van der Waals surface area contributed by atoms with Gasteiger partial charge in [-0.3, -0.25) is 0 Å². The molecule has 0 unspecified atom stereocenters. The summed E-state index contributed by atoms with van der Waals surface area (Å²) in [5.74, 6) is 0. The van der Waals surface area contributed by atoms with Gasteiger partial charge in [0.05, 0.1) is 0 Å². The Bertz CT molecular complexity index is 1060. The molecule has 9 aliphatic rings. The molecule has 8 fully saturated rings. The summed E-state index contributed by atoms with van der Waals surface area (Å²) in [6.45, 7) is 18.4. The molecule has 272 valence electrons. The number of nitrogens with zero attached hydrogens (tertiary/aromatic N) is 12. The van der Waals surface area contributed by atoms with Crippen LogP contribution in [0, 0.1) is 0 Å². The van der Waals surface area contributed by atoms with E-state index in [9.17, 15) is 0 Å². The van der Waals surface area contributed by atoms with E-state index in [0.29, 0.717) is 0 Å². The zero-order chi connectivity index (χ0) is 32.1. The maximum absolute atomic E-state index is 6.78. The smallest absolute Gasteiger partial charge is 0.221 e. The van der Waals surface area contributed by atoms with E-state index in [0.717, 1.165) is 105 Å². The molecular formula is C32H64N12P4. The fraction of sp³-hybridized carbons (Fsp3) is 1.00. The van der Waals surface area contributed by atoms with Crippen molar-refractivity contribution in [2.45, 2.75) is 103 Å². The minimum atomic E-state index is -2.49. The second kappa shape index (κ2) is 14.4. The van der Waals surface area contributed by atoms with Gasteiger partial charge < -0.3 is 0 Å². The van der Waals surface area contributed by atoms with Crippen LogP contribution in [0.3, 0.4) is 0 Å². The Labute approximate surface area is 292 Å². The van der Waals surface area contributed by atoms with E-state index >= 15 is 0 Å². The van der Waals surface area contributed by atoms with E-state index in [1.54, 1.807) is 0 Å². The maximum atomic E-state index is 6.78.